The number of hydrogen-bond donors (Lipinski definition) is 1. The van der Waals surface area contributed by atoms with Gasteiger partial charge >= 0.3 is 6.03 Å². The standard InChI is InChI=1S/C21H19N3O5/c1-12(2)15-6-8-16(9-7-15)23-20(26)17(19(25)22-21(23)27)10-14-5-4-13(3)18(11-14)24(28)29/h4-12H,1-3H3,(H,22,25,27)/b17-10+. The van der Waals surface area contributed by atoms with Gasteiger partial charge in [0.2, 0.25) is 0 Å². The van der Waals surface area contributed by atoms with Crippen LogP contribution in [-0.4, -0.2) is 22.8 Å². The van der Waals surface area contributed by atoms with Crippen molar-refractivity contribution in [1.29, 1.82) is 0 Å². The number of carbonyl (C=O) groups is 3. The summed E-state index contributed by atoms with van der Waals surface area (Å²) in [5, 5.41) is 13.3. The molecule has 0 aliphatic carbocycles. The lowest BCUT2D eigenvalue weighted by Crippen LogP contribution is -2.54. The molecular weight excluding hydrogens is 374 g/mol. The highest BCUT2D eigenvalue weighted by Gasteiger charge is 2.36. The molecule has 0 atom stereocenters. The number of nitro benzene ring substituents is 1. The Balaban J connectivity index is 2.00. The van der Waals surface area contributed by atoms with E-state index in [1.165, 1.54) is 18.2 Å². The second kappa shape index (κ2) is 7.67. The number of nitrogens with zero attached hydrogens (tertiary/aromatic N) is 2. The van der Waals surface area contributed by atoms with Crippen LogP contribution in [0.4, 0.5) is 16.2 Å². The molecule has 0 unspecified atom stereocenters. The van der Waals surface area contributed by atoms with Crippen LogP contribution in [0.25, 0.3) is 6.08 Å². The third kappa shape index (κ3) is 3.91. The summed E-state index contributed by atoms with van der Waals surface area (Å²) in [6.07, 6.45) is 1.24. The molecule has 1 aliphatic heterocycles. The van der Waals surface area contributed by atoms with Gasteiger partial charge in [-0.2, -0.15) is 0 Å². The molecule has 2 aromatic rings. The zero-order valence-corrected chi connectivity index (χ0v) is 16.1. The van der Waals surface area contributed by atoms with Crippen molar-refractivity contribution < 1.29 is 19.3 Å². The molecule has 0 radical (unpaired) electrons. The van der Waals surface area contributed by atoms with Gasteiger partial charge in [0.15, 0.2) is 0 Å². The molecule has 1 fully saturated rings. The van der Waals surface area contributed by atoms with Crippen LogP contribution in [0, 0.1) is 17.0 Å². The molecule has 1 N–H and O–H groups in total. The van der Waals surface area contributed by atoms with Gasteiger partial charge in [0, 0.05) is 11.6 Å². The van der Waals surface area contributed by atoms with Crippen LogP contribution in [0.15, 0.2) is 48.0 Å². The first kappa shape index (κ1) is 19.9. The number of anilines is 1. The number of rotatable bonds is 4. The van der Waals surface area contributed by atoms with E-state index in [2.05, 4.69) is 5.32 Å². The first-order valence-corrected chi connectivity index (χ1v) is 8.95. The molecule has 29 heavy (non-hydrogen) atoms. The number of nitrogens with one attached hydrogen (secondary N) is 1. The van der Waals surface area contributed by atoms with E-state index in [1.807, 2.05) is 26.0 Å². The van der Waals surface area contributed by atoms with Gasteiger partial charge in [-0.1, -0.05) is 38.1 Å². The fourth-order valence-electron chi connectivity index (χ4n) is 2.98. The van der Waals surface area contributed by atoms with Gasteiger partial charge in [-0.05, 0) is 42.2 Å². The van der Waals surface area contributed by atoms with E-state index in [1.54, 1.807) is 25.1 Å². The van der Waals surface area contributed by atoms with E-state index in [0.29, 0.717) is 16.8 Å². The molecular formula is C21H19N3O5. The number of nitro groups is 1. The Morgan fingerprint density at radius 1 is 1.07 bits per heavy atom. The average Bonchev–Trinajstić information content (AvgIpc) is 2.66. The Morgan fingerprint density at radius 3 is 2.31 bits per heavy atom. The third-order valence-corrected chi connectivity index (χ3v) is 4.66. The maximum absolute atomic E-state index is 12.9. The van der Waals surface area contributed by atoms with Gasteiger partial charge in [0.05, 0.1) is 10.6 Å². The van der Waals surface area contributed by atoms with E-state index in [0.717, 1.165) is 10.5 Å². The second-order valence-electron chi connectivity index (χ2n) is 7.01. The molecule has 1 aliphatic rings. The molecule has 0 spiro atoms. The third-order valence-electron chi connectivity index (χ3n) is 4.66. The van der Waals surface area contributed by atoms with Gasteiger partial charge in [0.1, 0.15) is 5.57 Å². The van der Waals surface area contributed by atoms with Gasteiger partial charge in [-0.15, -0.1) is 0 Å². The number of urea groups is 1. The quantitative estimate of drug-likeness (QED) is 0.369. The van der Waals surface area contributed by atoms with Crippen LogP contribution in [0.3, 0.4) is 0 Å². The molecule has 1 saturated heterocycles. The Kier molecular flexibility index (Phi) is 5.27. The summed E-state index contributed by atoms with van der Waals surface area (Å²) in [7, 11) is 0. The van der Waals surface area contributed by atoms with Crippen molar-refractivity contribution in [3.63, 3.8) is 0 Å². The van der Waals surface area contributed by atoms with Gasteiger partial charge < -0.3 is 0 Å². The van der Waals surface area contributed by atoms with E-state index < -0.39 is 22.8 Å². The minimum absolute atomic E-state index is 0.125. The maximum atomic E-state index is 12.9. The summed E-state index contributed by atoms with van der Waals surface area (Å²) in [5.74, 6) is -1.36. The molecule has 0 saturated carbocycles. The minimum Gasteiger partial charge on any atom is -0.273 e. The van der Waals surface area contributed by atoms with Crippen LogP contribution in [0.2, 0.25) is 0 Å². The van der Waals surface area contributed by atoms with Crippen molar-refractivity contribution in [1.82, 2.24) is 5.32 Å². The fraction of sp³-hybridized carbons (Fsp3) is 0.190. The smallest absolute Gasteiger partial charge is 0.273 e. The highest BCUT2D eigenvalue weighted by atomic mass is 16.6. The van der Waals surface area contributed by atoms with Crippen molar-refractivity contribution in [2.75, 3.05) is 4.90 Å². The SMILES string of the molecule is Cc1ccc(/C=C2\C(=O)NC(=O)N(c3ccc(C(C)C)cc3)C2=O)cc1[N+](=O)[O-]. The number of hydrogen-bond acceptors (Lipinski definition) is 5. The zero-order chi connectivity index (χ0) is 21.3. The zero-order valence-electron chi connectivity index (χ0n) is 16.1. The molecule has 1 heterocycles. The summed E-state index contributed by atoms with van der Waals surface area (Å²) in [6, 6.07) is 10.4. The first-order chi connectivity index (χ1) is 13.7. The molecule has 4 amide bonds. The lowest BCUT2D eigenvalue weighted by Gasteiger charge is -2.26. The lowest BCUT2D eigenvalue weighted by atomic mass is 10.0. The minimum atomic E-state index is -0.849. The average molecular weight is 393 g/mol. The van der Waals surface area contributed by atoms with Crippen LogP contribution >= 0.6 is 0 Å². The van der Waals surface area contributed by atoms with Crippen LogP contribution in [0.1, 0.15) is 36.5 Å². The maximum Gasteiger partial charge on any atom is 0.335 e. The fourth-order valence-corrected chi connectivity index (χ4v) is 2.98. The number of benzene rings is 2. The highest BCUT2D eigenvalue weighted by Crippen LogP contribution is 2.26. The molecule has 0 aromatic heterocycles. The van der Waals surface area contributed by atoms with Crippen LogP contribution in [-0.2, 0) is 9.59 Å². The molecule has 0 bridgehead atoms. The summed E-state index contributed by atoms with van der Waals surface area (Å²) < 4.78 is 0. The molecule has 148 valence electrons. The summed E-state index contributed by atoms with van der Waals surface area (Å²) in [6.45, 7) is 5.64. The predicted molar refractivity (Wildman–Crippen MR) is 107 cm³/mol. The van der Waals surface area contributed by atoms with Gasteiger partial charge in [-0.3, -0.25) is 25.0 Å². The molecule has 8 heteroatoms. The van der Waals surface area contributed by atoms with E-state index in [4.69, 9.17) is 0 Å². The monoisotopic (exact) mass is 393 g/mol. The lowest BCUT2D eigenvalue weighted by molar-refractivity contribution is -0.385. The van der Waals surface area contributed by atoms with Crippen molar-refractivity contribution in [3.8, 4) is 0 Å². The van der Waals surface area contributed by atoms with E-state index >= 15 is 0 Å². The van der Waals surface area contributed by atoms with E-state index in [9.17, 15) is 24.5 Å². The number of imide groups is 2. The Labute approximate surface area is 167 Å². The number of aryl methyl sites for hydroxylation is 1. The number of carbonyl (C=O) groups excluding carboxylic acids is 3. The molecule has 3 rings (SSSR count). The van der Waals surface area contributed by atoms with Crippen molar-refractivity contribution in [3.05, 3.63) is 74.8 Å². The second-order valence-corrected chi connectivity index (χ2v) is 7.01. The number of amides is 4. The number of barbiturate groups is 1. The van der Waals surface area contributed by atoms with Crippen molar-refractivity contribution in [2.45, 2.75) is 26.7 Å². The first-order valence-electron chi connectivity index (χ1n) is 8.95. The van der Waals surface area contributed by atoms with E-state index in [-0.39, 0.29) is 17.2 Å². The summed E-state index contributed by atoms with van der Waals surface area (Å²) in [4.78, 5) is 48.9. The van der Waals surface area contributed by atoms with Gasteiger partial charge in [-0.25, -0.2) is 9.69 Å². The summed E-state index contributed by atoms with van der Waals surface area (Å²) in [5.41, 5.74) is 1.72. The Bertz CT molecular complexity index is 1050. The predicted octanol–water partition coefficient (Wildman–Crippen LogP) is 3.69. The molecule has 2 aromatic carbocycles. The van der Waals surface area contributed by atoms with Crippen molar-refractivity contribution >= 4 is 35.3 Å². The Hall–Kier alpha value is -3.81. The Morgan fingerprint density at radius 2 is 1.72 bits per heavy atom. The van der Waals surface area contributed by atoms with Crippen molar-refractivity contribution in [2.24, 2.45) is 0 Å². The van der Waals surface area contributed by atoms with Crippen LogP contribution in [0.5, 0.6) is 0 Å². The highest BCUT2D eigenvalue weighted by molar-refractivity contribution is 6.39. The summed E-state index contributed by atoms with van der Waals surface area (Å²) >= 11 is 0. The van der Waals surface area contributed by atoms with Crippen LogP contribution < -0.4 is 10.2 Å². The largest absolute Gasteiger partial charge is 0.335 e. The molecule has 8 nitrogen and oxygen atoms in total. The topological polar surface area (TPSA) is 110 Å². The normalized spacial score (nSPS) is 15.8. The van der Waals surface area contributed by atoms with Gasteiger partial charge in [0.25, 0.3) is 17.5 Å².